The predicted octanol–water partition coefficient (Wildman–Crippen LogP) is 2.03. The molecule has 3 nitrogen and oxygen atoms in total. The highest BCUT2D eigenvalue weighted by molar-refractivity contribution is 6.00. The summed E-state index contributed by atoms with van der Waals surface area (Å²) >= 11 is 0. The number of para-hydroxylation sites is 1. The first kappa shape index (κ1) is 7.74. The third kappa shape index (κ3) is 0.923. The number of nitrogens with zero attached hydrogens (tertiary/aromatic N) is 1. The first-order chi connectivity index (χ1) is 6.86. The minimum absolute atomic E-state index is 1.02. The summed E-state index contributed by atoms with van der Waals surface area (Å²) in [4.78, 5) is 5.68. The molecule has 1 aliphatic heterocycles. The van der Waals surface area contributed by atoms with Crippen LogP contribution in [-0.2, 0) is 0 Å². The molecule has 0 radical (unpaired) electrons. The maximum absolute atomic E-state index is 3.44. The first-order valence-corrected chi connectivity index (χ1v) is 4.92. The van der Waals surface area contributed by atoms with Gasteiger partial charge in [-0.2, -0.15) is 0 Å². The Balaban J connectivity index is 2.32. The van der Waals surface area contributed by atoms with E-state index in [1.807, 2.05) is 0 Å². The highest BCUT2D eigenvalue weighted by atomic mass is 15.2. The molecule has 0 fully saturated rings. The lowest BCUT2D eigenvalue weighted by Gasteiger charge is -2.25. The van der Waals surface area contributed by atoms with Crippen LogP contribution in [0.4, 0.5) is 11.5 Å². The van der Waals surface area contributed by atoms with Crippen LogP contribution < -0.4 is 10.2 Å². The van der Waals surface area contributed by atoms with E-state index in [0.717, 1.165) is 13.1 Å². The van der Waals surface area contributed by atoms with E-state index >= 15 is 0 Å². The maximum atomic E-state index is 3.44. The van der Waals surface area contributed by atoms with E-state index in [9.17, 15) is 0 Å². The number of hydrogen-bond acceptors (Lipinski definition) is 2. The molecule has 0 spiro atoms. The van der Waals surface area contributed by atoms with Gasteiger partial charge in [-0.1, -0.05) is 18.2 Å². The van der Waals surface area contributed by atoms with E-state index in [0.29, 0.717) is 0 Å². The number of benzene rings is 1. The van der Waals surface area contributed by atoms with Crippen molar-refractivity contribution in [3.63, 3.8) is 0 Å². The van der Waals surface area contributed by atoms with Gasteiger partial charge in [0.15, 0.2) is 0 Å². The van der Waals surface area contributed by atoms with Crippen LogP contribution in [0.5, 0.6) is 0 Å². The van der Waals surface area contributed by atoms with Gasteiger partial charge in [0.1, 0.15) is 5.82 Å². The van der Waals surface area contributed by atoms with Gasteiger partial charge in [0.2, 0.25) is 0 Å². The largest absolute Gasteiger partial charge is 0.380 e. The molecule has 1 aromatic carbocycles. The third-order valence-corrected chi connectivity index (χ3v) is 2.82. The number of fused-ring (bicyclic) bond motifs is 3. The molecule has 2 heterocycles. The van der Waals surface area contributed by atoms with E-state index in [2.05, 4.69) is 46.5 Å². The molecular formula is C11H13N3. The molecule has 0 bridgehead atoms. The zero-order chi connectivity index (χ0) is 9.54. The van der Waals surface area contributed by atoms with Gasteiger partial charge in [-0.3, -0.25) is 0 Å². The summed E-state index contributed by atoms with van der Waals surface area (Å²) in [6.07, 6.45) is 0. The fourth-order valence-electron chi connectivity index (χ4n) is 2.05. The Hall–Kier alpha value is -1.64. The molecule has 14 heavy (non-hydrogen) atoms. The first-order valence-electron chi connectivity index (χ1n) is 4.92. The van der Waals surface area contributed by atoms with Crippen LogP contribution in [0.3, 0.4) is 0 Å². The van der Waals surface area contributed by atoms with Crippen molar-refractivity contribution in [1.29, 1.82) is 0 Å². The van der Waals surface area contributed by atoms with Gasteiger partial charge in [-0.15, -0.1) is 0 Å². The molecule has 2 aromatic rings. The van der Waals surface area contributed by atoms with Gasteiger partial charge in [0.25, 0.3) is 0 Å². The summed E-state index contributed by atoms with van der Waals surface area (Å²) in [6.45, 7) is 2.07. The predicted molar refractivity (Wildman–Crippen MR) is 60.1 cm³/mol. The Bertz CT molecular complexity index is 472. The smallest absolute Gasteiger partial charge is 0.130 e. The number of anilines is 2. The van der Waals surface area contributed by atoms with Crippen LogP contribution in [0.15, 0.2) is 24.3 Å². The van der Waals surface area contributed by atoms with Crippen LogP contribution in [0.2, 0.25) is 0 Å². The van der Waals surface area contributed by atoms with Gasteiger partial charge in [0, 0.05) is 31.0 Å². The highest BCUT2D eigenvalue weighted by Gasteiger charge is 2.17. The molecule has 0 saturated heterocycles. The molecular weight excluding hydrogens is 174 g/mol. The second-order valence-corrected chi connectivity index (χ2v) is 3.74. The lowest BCUT2D eigenvalue weighted by Crippen LogP contribution is -2.30. The lowest BCUT2D eigenvalue weighted by molar-refractivity contribution is 0.875. The van der Waals surface area contributed by atoms with Crippen molar-refractivity contribution in [2.45, 2.75) is 0 Å². The van der Waals surface area contributed by atoms with Gasteiger partial charge < -0.3 is 15.2 Å². The van der Waals surface area contributed by atoms with Crippen molar-refractivity contribution in [2.75, 3.05) is 30.4 Å². The van der Waals surface area contributed by atoms with E-state index < -0.39 is 0 Å². The Morgan fingerprint density at radius 3 is 3.07 bits per heavy atom. The quantitative estimate of drug-likeness (QED) is 0.661. The molecule has 3 rings (SSSR count). The van der Waals surface area contributed by atoms with Crippen molar-refractivity contribution in [3.8, 4) is 0 Å². The number of likely N-dealkylation sites (N-methyl/N-ethyl adjacent to an activating group) is 1. The average molecular weight is 187 g/mol. The van der Waals surface area contributed by atoms with Crippen LogP contribution in [0.25, 0.3) is 10.9 Å². The molecule has 0 aliphatic carbocycles. The fourth-order valence-corrected chi connectivity index (χ4v) is 2.05. The third-order valence-electron chi connectivity index (χ3n) is 2.82. The number of aromatic amines is 1. The summed E-state index contributed by atoms with van der Waals surface area (Å²) in [7, 11) is 2.12. The zero-order valence-corrected chi connectivity index (χ0v) is 8.17. The lowest BCUT2D eigenvalue weighted by atomic mass is 10.2. The van der Waals surface area contributed by atoms with Gasteiger partial charge >= 0.3 is 0 Å². The van der Waals surface area contributed by atoms with Gasteiger partial charge in [0.05, 0.1) is 5.69 Å². The molecule has 72 valence electrons. The second-order valence-electron chi connectivity index (χ2n) is 3.74. The summed E-state index contributed by atoms with van der Waals surface area (Å²) in [6, 6.07) is 8.40. The minimum atomic E-state index is 1.02. The SMILES string of the molecule is CN1CCNc2c1[nH]c1ccccc21. The van der Waals surface area contributed by atoms with Gasteiger partial charge in [-0.05, 0) is 6.07 Å². The van der Waals surface area contributed by atoms with Crippen molar-refractivity contribution in [3.05, 3.63) is 24.3 Å². The topological polar surface area (TPSA) is 31.1 Å². The summed E-state index contributed by atoms with van der Waals surface area (Å²) < 4.78 is 0. The summed E-state index contributed by atoms with van der Waals surface area (Å²) in [5, 5.41) is 4.73. The number of hydrogen-bond donors (Lipinski definition) is 2. The minimum Gasteiger partial charge on any atom is -0.380 e. The fraction of sp³-hybridized carbons (Fsp3) is 0.273. The maximum Gasteiger partial charge on any atom is 0.130 e. The zero-order valence-electron chi connectivity index (χ0n) is 8.17. The molecule has 0 saturated carbocycles. The van der Waals surface area contributed by atoms with E-state index in [-0.39, 0.29) is 0 Å². The highest BCUT2D eigenvalue weighted by Crippen LogP contribution is 2.35. The Morgan fingerprint density at radius 2 is 2.14 bits per heavy atom. The number of H-pyrrole nitrogens is 1. The van der Waals surface area contributed by atoms with Crippen molar-refractivity contribution in [2.24, 2.45) is 0 Å². The molecule has 1 aromatic heterocycles. The molecule has 3 heteroatoms. The Kier molecular flexibility index (Phi) is 1.48. The molecule has 0 atom stereocenters. The number of rotatable bonds is 0. The number of nitrogens with one attached hydrogen (secondary N) is 2. The second kappa shape index (κ2) is 2.67. The molecule has 1 aliphatic rings. The average Bonchev–Trinajstić information content (AvgIpc) is 2.59. The number of aromatic nitrogens is 1. The monoisotopic (exact) mass is 187 g/mol. The van der Waals surface area contributed by atoms with E-state index in [4.69, 9.17) is 0 Å². The van der Waals surface area contributed by atoms with Crippen LogP contribution >= 0.6 is 0 Å². The Morgan fingerprint density at radius 1 is 1.29 bits per heavy atom. The Labute approximate surface area is 82.7 Å². The molecule has 0 unspecified atom stereocenters. The standard InChI is InChI=1S/C11H13N3/c1-14-7-6-12-10-8-4-2-3-5-9(8)13-11(10)14/h2-5,12-13H,6-7H2,1H3. The van der Waals surface area contributed by atoms with Crippen LogP contribution in [-0.4, -0.2) is 25.1 Å². The summed E-state index contributed by atoms with van der Waals surface area (Å²) in [5.41, 5.74) is 2.45. The van der Waals surface area contributed by atoms with Crippen molar-refractivity contribution < 1.29 is 0 Å². The van der Waals surface area contributed by atoms with Crippen molar-refractivity contribution >= 4 is 22.4 Å². The van der Waals surface area contributed by atoms with Gasteiger partial charge in [-0.25, -0.2) is 0 Å². The van der Waals surface area contributed by atoms with E-state index in [1.165, 1.54) is 22.4 Å². The van der Waals surface area contributed by atoms with Crippen LogP contribution in [0, 0.1) is 0 Å². The van der Waals surface area contributed by atoms with Crippen LogP contribution in [0.1, 0.15) is 0 Å². The molecule has 2 N–H and O–H groups in total. The molecule has 0 amide bonds. The van der Waals surface area contributed by atoms with E-state index in [1.54, 1.807) is 0 Å². The van der Waals surface area contributed by atoms with Crippen molar-refractivity contribution in [1.82, 2.24) is 4.98 Å². The normalized spacial score (nSPS) is 15.4. The summed E-state index contributed by atoms with van der Waals surface area (Å²) in [5.74, 6) is 1.21.